The molecular formula is C8H14N2O2. The van der Waals surface area contributed by atoms with Gasteiger partial charge < -0.3 is 15.0 Å². The van der Waals surface area contributed by atoms with E-state index in [0.29, 0.717) is 13.0 Å². The van der Waals surface area contributed by atoms with Crippen molar-refractivity contribution in [1.82, 2.24) is 10.2 Å². The minimum atomic E-state index is -0.0671. The Morgan fingerprint density at radius 3 is 3.08 bits per heavy atom. The largest absolute Gasteiger partial charge is 0.378 e. The van der Waals surface area contributed by atoms with Gasteiger partial charge in [0, 0.05) is 13.1 Å². The molecule has 2 heterocycles. The molecule has 2 aliphatic rings. The summed E-state index contributed by atoms with van der Waals surface area (Å²) in [4.78, 5) is 13.0. The van der Waals surface area contributed by atoms with Crippen LogP contribution in [0.25, 0.3) is 0 Å². The SMILES string of the molecule is CN1CCOC[C@@]2(CC(=O)N2)C1. The van der Waals surface area contributed by atoms with Gasteiger partial charge in [0.05, 0.1) is 25.2 Å². The van der Waals surface area contributed by atoms with Crippen molar-refractivity contribution in [2.45, 2.75) is 12.0 Å². The molecule has 4 heteroatoms. The Hall–Kier alpha value is -0.610. The van der Waals surface area contributed by atoms with Crippen molar-refractivity contribution in [1.29, 1.82) is 0 Å². The molecule has 0 aromatic carbocycles. The van der Waals surface area contributed by atoms with Gasteiger partial charge in [0.2, 0.25) is 5.91 Å². The number of ether oxygens (including phenoxy) is 1. The van der Waals surface area contributed by atoms with Gasteiger partial charge in [-0.15, -0.1) is 0 Å². The molecule has 0 aromatic heterocycles. The summed E-state index contributed by atoms with van der Waals surface area (Å²) in [5, 5.41) is 2.92. The highest BCUT2D eigenvalue weighted by Gasteiger charge is 2.44. The lowest BCUT2D eigenvalue weighted by atomic mass is 9.87. The van der Waals surface area contributed by atoms with E-state index in [-0.39, 0.29) is 11.4 Å². The molecule has 68 valence electrons. The number of hydrogen-bond donors (Lipinski definition) is 1. The third-order valence-corrected chi connectivity index (χ3v) is 2.47. The van der Waals surface area contributed by atoms with Gasteiger partial charge in [-0.2, -0.15) is 0 Å². The molecular weight excluding hydrogens is 156 g/mol. The van der Waals surface area contributed by atoms with Crippen molar-refractivity contribution in [3.8, 4) is 0 Å². The first-order valence-electron chi connectivity index (χ1n) is 4.28. The van der Waals surface area contributed by atoms with Gasteiger partial charge in [-0.05, 0) is 7.05 Å². The van der Waals surface area contributed by atoms with Crippen LogP contribution in [0, 0.1) is 0 Å². The summed E-state index contributed by atoms with van der Waals surface area (Å²) < 4.78 is 5.41. The first kappa shape index (κ1) is 8.01. The first-order valence-corrected chi connectivity index (χ1v) is 4.28. The number of nitrogens with one attached hydrogen (secondary N) is 1. The Labute approximate surface area is 71.9 Å². The average molecular weight is 170 g/mol. The lowest BCUT2D eigenvalue weighted by molar-refractivity contribution is -0.135. The van der Waals surface area contributed by atoms with Crippen LogP contribution in [0.3, 0.4) is 0 Å². The van der Waals surface area contributed by atoms with Gasteiger partial charge in [0.25, 0.3) is 0 Å². The number of β-lactam (4-membered cyclic amide) rings is 1. The fraction of sp³-hybridized carbons (Fsp3) is 0.875. The topological polar surface area (TPSA) is 41.6 Å². The van der Waals surface area contributed by atoms with Crippen molar-refractivity contribution in [2.24, 2.45) is 0 Å². The third kappa shape index (κ3) is 1.32. The number of carbonyl (C=O) groups is 1. The second-order valence-electron chi connectivity index (χ2n) is 3.80. The van der Waals surface area contributed by atoms with E-state index in [1.54, 1.807) is 0 Å². The van der Waals surface area contributed by atoms with Gasteiger partial charge in [0.15, 0.2) is 0 Å². The molecule has 2 aliphatic heterocycles. The van der Waals surface area contributed by atoms with Crippen LogP contribution >= 0.6 is 0 Å². The molecule has 0 saturated carbocycles. The van der Waals surface area contributed by atoms with E-state index in [1.165, 1.54) is 0 Å². The van der Waals surface area contributed by atoms with Crippen molar-refractivity contribution in [2.75, 3.05) is 33.4 Å². The van der Waals surface area contributed by atoms with Gasteiger partial charge in [-0.25, -0.2) is 0 Å². The molecule has 0 unspecified atom stereocenters. The molecule has 0 radical (unpaired) electrons. The second-order valence-corrected chi connectivity index (χ2v) is 3.80. The van der Waals surface area contributed by atoms with E-state index in [0.717, 1.165) is 19.7 Å². The number of hydrogen-bond acceptors (Lipinski definition) is 3. The molecule has 4 nitrogen and oxygen atoms in total. The van der Waals surface area contributed by atoms with E-state index >= 15 is 0 Å². The Morgan fingerprint density at radius 2 is 2.42 bits per heavy atom. The predicted octanol–water partition coefficient (Wildman–Crippen LogP) is -0.793. The third-order valence-electron chi connectivity index (χ3n) is 2.47. The van der Waals surface area contributed by atoms with Crippen LogP contribution in [-0.4, -0.2) is 49.7 Å². The Bertz CT molecular complexity index is 197. The lowest BCUT2D eigenvalue weighted by Crippen LogP contribution is -2.67. The molecule has 2 saturated heterocycles. The fourth-order valence-electron chi connectivity index (χ4n) is 1.90. The Kier molecular flexibility index (Phi) is 1.81. The predicted molar refractivity (Wildman–Crippen MR) is 43.8 cm³/mol. The Morgan fingerprint density at radius 1 is 1.67 bits per heavy atom. The molecule has 2 fully saturated rings. The Balaban J connectivity index is 2.00. The molecule has 0 bridgehead atoms. The van der Waals surface area contributed by atoms with Crippen molar-refractivity contribution >= 4 is 5.91 Å². The van der Waals surface area contributed by atoms with Gasteiger partial charge in [0.1, 0.15) is 0 Å². The summed E-state index contributed by atoms with van der Waals surface area (Å²) in [6.07, 6.45) is 0.622. The molecule has 1 atom stereocenters. The molecule has 1 amide bonds. The van der Waals surface area contributed by atoms with Gasteiger partial charge in [-0.1, -0.05) is 0 Å². The van der Waals surface area contributed by atoms with Crippen LogP contribution < -0.4 is 5.32 Å². The summed E-state index contributed by atoms with van der Waals surface area (Å²) in [5.74, 6) is 0.147. The average Bonchev–Trinajstić information content (AvgIpc) is 2.10. The minimum Gasteiger partial charge on any atom is -0.378 e. The maximum atomic E-state index is 10.8. The highest BCUT2D eigenvalue weighted by Crippen LogP contribution is 2.23. The summed E-state index contributed by atoms with van der Waals surface area (Å²) in [6, 6.07) is 0. The van der Waals surface area contributed by atoms with Crippen molar-refractivity contribution in [3.05, 3.63) is 0 Å². The zero-order chi connectivity index (χ0) is 8.60. The quantitative estimate of drug-likeness (QED) is 0.484. The summed E-state index contributed by atoms with van der Waals surface area (Å²) in [7, 11) is 2.06. The highest BCUT2D eigenvalue weighted by atomic mass is 16.5. The number of likely N-dealkylation sites (N-methyl/N-ethyl adjacent to an activating group) is 1. The monoisotopic (exact) mass is 170 g/mol. The molecule has 1 spiro atoms. The van der Waals surface area contributed by atoms with Crippen LogP contribution in [0.15, 0.2) is 0 Å². The van der Waals surface area contributed by atoms with Crippen molar-refractivity contribution < 1.29 is 9.53 Å². The molecule has 1 N–H and O–H groups in total. The van der Waals surface area contributed by atoms with E-state index in [1.807, 2.05) is 0 Å². The van der Waals surface area contributed by atoms with Crippen molar-refractivity contribution in [3.63, 3.8) is 0 Å². The summed E-state index contributed by atoms with van der Waals surface area (Å²) >= 11 is 0. The summed E-state index contributed by atoms with van der Waals surface area (Å²) in [6.45, 7) is 3.31. The zero-order valence-electron chi connectivity index (χ0n) is 7.30. The molecule has 0 aromatic rings. The lowest BCUT2D eigenvalue weighted by Gasteiger charge is -2.42. The minimum absolute atomic E-state index is 0.0671. The van der Waals surface area contributed by atoms with E-state index in [9.17, 15) is 4.79 Å². The highest BCUT2D eigenvalue weighted by molar-refractivity contribution is 5.84. The smallest absolute Gasteiger partial charge is 0.223 e. The first-order chi connectivity index (χ1) is 5.70. The van der Waals surface area contributed by atoms with Crippen LogP contribution in [0.5, 0.6) is 0 Å². The molecule has 0 aliphatic carbocycles. The normalized spacial score (nSPS) is 37.2. The van der Waals surface area contributed by atoms with Gasteiger partial charge >= 0.3 is 0 Å². The van der Waals surface area contributed by atoms with Crippen LogP contribution in [0.2, 0.25) is 0 Å². The number of rotatable bonds is 0. The second kappa shape index (κ2) is 2.71. The zero-order valence-corrected chi connectivity index (χ0v) is 7.30. The number of carbonyl (C=O) groups excluding carboxylic acids is 1. The fourth-order valence-corrected chi connectivity index (χ4v) is 1.90. The van der Waals surface area contributed by atoms with Gasteiger partial charge in [-0.3, -0.25) is 4.79 Å². The van der Waals surface area contributed by atoms with Crippen LogP contribution in [0.4, 0.5) is 0 Å². The van der Waals surface area contributed by atoms with E-state index in [2.05, 4.69) is 17.3 Å². The maximum absolute atomic E-state index is 10.8. The van der Waals surface area contributed by atoms with E-state index < -0.39 is 0 Å². The van der Waals surface area contributed by atoms with Crippen LogP contribution in [-0.2, 0) is 9.53 Å². The molecule has 2 rings (SSSR count). The summed E-state index contributed by atoms with van der Waals surface area (Å²) in [5.41, 5.74) is -0.0671. The van der Waals surface area contributed by atoms with E-state index in [4.69, 9.17) is 4.74 Å². The molecule has 12 heavy (non-hydrogen) atoms. The number of amides is 1. The standard InChI is InChI=1S/C8H14N2O2/c1-10-2-3-12-6-8(5-10)4-7(11)9-8/h2-6H2,1H3,(H,9,11)/t8-/m1/s1. The maximum Gasteiger partial charge on any atom is 0.223 e. The van der Waals surface area contributed by atoms with Crippen LogP contribution in [0.1, 0.15) is 6.42 Å². The number of nitrogens with zero attached hydrogens (tertiary/aromatic N) is 1.